The topological polar surface area (TPSA) is 154 Å². The average Bonchev–Trinajstić information content (AvgIpc) is 3.24. The first-order valence-electron chi connectivity index (χ1n) is 12.7. The number of hydrogen-bond acceptors (Lipinski definition) is 6. The number of ether oxygens (including phenoxy) is 1. The van der Waals surface area contributed by atoms with Gasteiger partial charge in [0.1, 0.15) is 5.75 Å². The van der Waals surface area contributed by atoms with Crippen molar-refractivity contribution < 1.29 is 29.3 Å². The fourth-order valence-corrected chi connectivity index (χ4v) is 4.91. The van der Waals surface area contributed by atoms with Crippen molar-refractivity contribution in [3.63, 3.8) is 0 Å². The van der Waals surface area contributed by atoms with Gasteiger partial charge in [-0.05, 0) is 62.4 Å². The molecule has 0 saturated carbocycles. The lowest BCUT2D eigenvalue weighted by Crippen LogP contribution is -2.37. The van der Waals surface area contributed by atoms with Crippen LogP contribution in [-0.2, 0) is 20.8 Å². The maximum absolute atomic E-state index is 12.4. The number of aliphatic carboxylic acids is 2. The van der Waals surface area contributed by atoms with Gasteiger partial charge in [-0.1, -0.05) is 18.2 Å². The molecule has 11 nitrogen and oxygen atoms in total. The number of unbranched alkanes of at least 4 members (excludes halogenated alkanes) is 1. The molecule has 2 aromatic carbocycles. The Morgan fingerprint density at radius 1 is 0.974 bits per heavy atom. The summed E-state index contributed by atoms with van der Waals surface area (Å²) in [4.78, 5) is 47.7. The fraction of sp³-hybridized carbons (Fsp3) is 0.407. The highest BCUT2D eigenvalue weighted by Gasteiger charge is 2.23. The second-order valence-electron chi connectivity index (χ2n) is 9.42. The van der Waals surface area contributed by atoms with Crippen LogP contribution in [0.3, 0.4) is 0 Å². The number of hydrogen-bond donors (Lipinski definition) is 4. The number of carbonyl (C=O) groups is 3. The zero-order valence-corrected chi connectivity index (χ0v) is 21.0. The maximum Gasteiger partial charge on any atom is 0.414 e. The highest BCUT2D eigenvalue weighted by Crippen LogP contribution is 2.27. The Morgan fingerprint density at radius 3 is 2.45 bits per heavy atom. The van der Waals surface area contributed by atoms with E-state index in [4.69, 9.17) is 24.5 Å². The summed E-state index contributed by atoms with van der Waals surface area (Å²) in [5.41, 5.74) is 3.99. The molecular formula is C27H32N4O7. The van der Waals surface area contributed by atoms with Gasteiger partial charge in [-0.3, -0.25) is 9.36 Å². The molecule has 0 aliphatic carbocycles. The molecule has 1 amide bonds. The van der Waals surface area contributed by atoms with Crippen molar-refractivity contribution in [2.24, 2.45) is 0 Å². The Labute approximate surface area is 219 Å². The van der Waals surface area contributed by atoms with E-state index in [-0.39, 0.29) is 17.6 Å². The molecule has 2 aliphatic rings. The van der Waals surface area contributed by atoms with Crippen LogP contribution in [-0.4, -0.2) is 68.8 Å². The van der Waals surface area contributed by atoms with Gasteiger partial charge in [0, 0.05) is 37.3 Å². The summed E-state index contributed by atoms with van der Waals surface area (Å²) < 4.78 is 7.85. The number of fused-ring (bicyclic) bond motifs is 2. The number of nitrogens with zero attached hydrogens (tertiary/aromatic N) is 2. The SMILES string of the molecule is O=C(O)C(=O)O.O=C1CCc2ccc(OCCCCN3CCC(n4c(=O)[nH]c5ccccc54)CC3)cc2N1. The van der Waals surface area contributed by atoms with Gasteiger partial charge >= 0.3 is 17.6 Å². The molecule has 3 heterocycles. The van der Waals surface area contributed by atoms with Crippen molar-refractivity contribution in [2.45, 2.75) is 44.6 Å². The highest BCUT2D eigenvalue weighted by molar-refractivity contribution is 6.27. The van der Waals surface area contributed by atoms with Gasteiger partial charge in [-0.2, -0.15) is 0 Å². The second kappa shape index (κ2) is 12.4. The van der Waals surface area contributed by atoms with E-state index in [9.17, 15) is 9.59 Å². The number of imidazole rings is 1. The van der Waals surface area contributed by atoms with Crippen LogP contribution in [0.5, 0.6) is 5.75 Å². The number of rotatable bonds is 7. The number of H-pyrrole nitrogens is 1. The number of para-hydroxylation sites is 2. The zero-order valence-electron chi connectivity index (χ0n) is 21.0. The molecule has 0 atom stereocenters. The van der Waals surface area contributed by atoms with Crippen LogP contribution in [0.15, 0.2) is 47.3 Å². The molecule has 2 aliphatic heterocycles. The van der Waals surface area contributed by atoms with E-state index < -0.39 is 11.9 Å². The number of carboxylic acids is 2. The van der Waals surface area contributed by atoms with Gasteiger partial charge in [0.15, 0.2) is 0 Å². The summed E-state index contributed by atoms with van der Waals surface area (Å²) in [6.45, 7) is 3.76. The molecule has 0 radical (unpaired) electrons. The van der Waals surface area contributed by atoms with Crippen LogP contribution in [0, 0.1) is 0 Å². The van der Waals surface area contributed by atoms with Gasteiger partial charge in [0.25, 0.3) is 0 Å². The third-order valence-corrected chi connectivity index (χ3v) is 6.84. The Morgan fingerprint density at radius 2 is 1.71 bits per heavy atom. The molecule has 3 aromatic rings. The zero-order chi connectivity index (χ0) is 27.1. The van der Waals surface area contributed by atoms with Gasteiger partial charge < -0.3 is 30.2 Å². The standard InChI is InChI=1S/C25H30N4O3.C2H2O4/c30-24-10-8-18-7-9-20(17-22(18)26-24)32-16-4-3-13-28-14-11-19(12-15-28)29-23-6-2-1-5-21(23)27-25(29)31;3-1(4)2(5)6/h1-2,5-7,9,17,19H,3-4,8,10-16H2,(H,26,30)(H,27,31);(H,3,4)(H,5,6). The van der Waals surface area contributed by atoms with E-state index in [0.29, 0.717) is 13.0 Å². The molecule has 1 aromatic heterocycles. The molecule has 0 unspecified atom stereocenters. The lowest BCUT2D eigenvalue weighted by atomic mass is 10.0. The minimum atomic E-state index is -1.82. The number of benzene rings is 2. The monoisotopic (exact) mass is 524 g/mol. The Balaban J connectivity index is 0.000000505. The first kappa shape index (κ1) is 26.9. The van der Waals surface area contributed by atoms with Crippen LogP contribution in [0.4, 0.5) is 5.69 Å². The number of aromatic nitrogens is 2. The highest BCUT2D eigenvalue weighted by atomic mass is 16.5. The van der Waals surface area contributed by atoms with E-state index in [1.807, 2.05) is 47.0 Å². The summed E-state index contributed by atoms with van der Waals surface area (Å²) in [6, 6.07) is 14.2. The second-order valence-corrected chi connectivity index (χ2v) is 9.42. The Hall–Kier alpha value is -4.12. The number of nitrogens with one attached hydrogen (secondary N) is 2. The van der Waals surface area contributed by atoms with Crippen LogP contribution in [0.2, 0.25) is 0 Å². The quantitative estimate of drug-likeness (QED) is 0.272. The molecule has 38 heavy (non-hydrogen) atoms. The number of carboxylic acid groups (broad SMARTS) is 2. The van der Waals surface area contributed by atoms with E-state index in [2.05, 4.69) is 15.2 Å². The lowest BCUT2D eigenvalue weighted by molar-refractivity contribution is -0.159. The minimum Gasteiger partial charge on any atom is -0.494 e. The molecule has 4 N–H and O–H groups in total. The van der Waals surface area contributed by atoms with Crippen molar-refractivity contribution in [3.8, 4) is 5.75 Å². The predicted molar refractivity (Wildman–Crippen MR) is 141 cm³/mol. The maximum atomic E-state index is 12.4. The smallest absolute Gasteiger partial charge is 0.414 e. The number of aromatic amines is 1. The first-order valence-corrected chi connectivity index (χ1v) is 12.7. The van der Waals surface area contributed by atoms with E-state index >= 15 is 0 Å². The van der Waals surface area contributed by atoms with Gasteiger partial charge in [0.2, 0.25) is 5.91 Å². The Bertz CT molecular complexity index is 1340. The normalized spacial score (nSPS) is 15.7. The van der Waals surface area contributed by atoms with Gasteiger partial charge in [-0.25, -0.2) is 14.4 Å². The molecule has 202 valence electrons. The molecule has 0 spiro atoms. The largest absolute Gasteiger partial charge is 0.494 e. The third-order valence-electron chi connectivity index (χ3n) is 6.84. The Kier molecular flexibility index (Phi) is 8.80. The van der Waals surface area contributed by atoms with E-state index in [1.165, 1.54) is 5.56 Å². The minimum absolute atomic E-state index is 0.00328. The molecule has 1 fully saturated rings. The molecule has 0 bridgehead atoms. The van der Waals surface area contributed by atoms with Crippen LogP contribution in [0.1, 0.15) is 43.7 Å². The van der Waals surface area contributed by atoms with E-state index in [0.717, 1.165) is 74.2 Å². The molecule has 11 heteroatoms. The van der Waals surface area contributed by atoms with Crippen LogP contribution < -0.4 is 15.7 Å². The third kappa shape index (κ3) is 6.80. The summed E-state index contributed by atoms with van der Waals surface area (Å²) in [7, 11) is 0. The van der Waals surface area contributed by atoms with Crippen molar-refractivity contribution in [1.82, 2.24) is 14.5 Å². The number of aryl methyl sites for hydroxylation is 1. The summed E-state index contributed by atoms with van der Waals surface area (Å²) in [5, 5.41) is 17.7. The first-order chi connectivity index (χ1) is 18.3. The molecular weight excluding hydrogens is 492 g/mol. The van der Waals surface area contributed by atoms with Crippen molar-refractivity contribution in [2.75, 3.05) is 31.6 Å². The number of carbonyl (C=O) groups excluding carboxylic acids is 1. The fourth-order valence-electron chi connectivity index (χ4n) is 4.91. The number of likely N-dealkylation sites (tertiary alicyclic amines) is 1. The van der Waals surface area contributed by atoms with Crippen LogP contribution >= 0.6 is 0 Å². The summed E-state index contributed by atoms with van der Waals surface area (Å²) in [5.74, 6) is -2.76. The predicted octanol–water partition coefficient (Wildman–Crippen LogP) is 2.87. The molecule has 5 rings (SSSR count). The van der Waals surface area contributed by atoms with Crippen molar-refractivity contribution >= 4 is 34.6 Å². The lowest BCUT2D eigenvalue weighted by Gasteiger charge is -2.32. The van der Waals surface area contributed by atoms with E-state index in [1.54, 1.807) is 0 Å². The summed E-state index contributed by atoms with van der Waals surface area (Å²) in [6.07, 6.45) is 5.43. The van der Waals surface area contributed by atoms with Gasteiger partial charge in [-0.15, -0.1) is 0 Å². The van der Waals surface area contributed by atoms with Crippen molar-refractivity contribution in [1.29, 1.82) is 0 Å². The number of amides is 1. The van der Waals surface area contributed by atoms with Crippen molar-refractivity contribution in [3.05, 3.63) is 58.5 Å². The number of piperidine rings is 1. The summed E-state index contributed by atoms with van der Waals surface area (Å²) >= 11 is 0. The number of anilines is 1. The van der Waals surface area contributed by atoms with Gasteiger partial charge in [0.05, 0.1) is 17.6 Å². The average molecular weight is 525 g/mol. The molecule has 1 saturated heterocycles. The van der Waals surface area contributed by atoms with Crippen LogP contribution in [0.25, 0.3) is 11.0 Å².